The molecule has 1 fully saturated rings. The van der Waals surface area contributed by atoms with Gasteiger partial charge in [-0.3, -0.25) is 4.99 Å². The Hall–Kier alpha value is -1.74. The third-order valence-electron chi connectivity index (χ3n) is 4.54. The average molecular weight is 388 g/mol. The molecule has 0 spiro atoms. The van der Waals surface area contributed by atoms with Crippen molar-refractivity contribution in [2.45, 2.75) is 25.1 Å². The van der Waals surface area contributed by atoms with E-state index in [1.807, 2.05) is 42.3 Å². The molecule has 2 rings (SSSR count). The molecule has 1 aromatic carbocycles. The van der Waals surface area contributed by atoms with Crippen LogP contribution in [-0.4, -0.2) is 63.1 Å². The molecule has 1 heterocycles. The lowest BCUT2D eigenvalue weighted by Gasteiger charge is -2.32. The molecule has 1 aromatic rings. The average Bonchev–Trinajstić information content (AvgIpc) is 2.63. The van der Waals surface area contributed by atoms with Crippen LogP contribution in [0.5, 0.6) is 0 Å². The second kappa shape index (κ2) is 9.27. The maximum atomic E-state index is 12.6. The van der Waals surface area contributed by atoms with Gasteiger partial charge < -0.3 is 10.2 Å². The second-order valence-electron chi connectivity index (χ2n) is 6.42. The van der Waals surface area contributed by atoms with E-state index in [4.69, 9.17) is 0 Å². The van der Waals surface area contributed by atoms with Gasteiger partial charge in [0.2, 0.25) is 0 Å². The number of guanidine groups is 1. The molecule has 1 N–H and O–H groups in total. The molecule has 1 saturated heterocycles. The third-order valence-corrected chi connectivity index (χ3v) is 6.08. The zero-order valence-corrected chi connectivity index (χ0v) is 15.9. The highest BCUT2D eigenvalue weighted by Gasteiger charge is 2.34. The van der Waals surface area contributed by atoms with E-state index in [-0.39, 0.29) is 19.0 Å². The fourth-order valence-corrected chi connectivity index (χ4v) is 3.98. The van der Waals surface area contributed by atoms with Crippen molar-refractivity contribution in [3.8, 4) is 0 Å². The number of nitrogens with zero attached hydrogens (tertiary/aromatic N) is 3. The molecule has 9 heteroatoms. The molecular weight excluding hydrogens is 362 g/mol. The summed E-state index contributed by atoms with van der Waals surface area (Å²) in [6.07, 6.45) is 1.11. The number of sulfonamides is 1. The molecule has 0 radical (unpaired) electrons. The maximum Gasteiger partial charge on any atom is 0.350 e. The highest BCUT2D eigenvalue weighted by molar-refractivity contribution is 7.89. The highest BCUT2D eigenvalue weighted by atomic mass is 32.2. The van der Waals surface area contributed by atoms with Gasteiger partial charge in [0.25, 0.3) is 10.0 Å². The van der Waals surface area contributed by atoms with E-state index in [0.29, 0.717) is 25.9 Å². The lowest BCUT2D eigenvalue weighted by atomic mass is 9.98. The smallest absolute Gasteiger partial charge is 0.350 e. The van der Waals surface area contributed by atoms with Crippen LogP contribution in [0.4, 0.5) is 8.78 Å². The Balaban J connectivity index is 1.81. The number of benzene rings is 1. The van der Waals surface area contributed by atoms with Gasteiger partial charge in [-0.2, -0.15) is 13.1 Å². The Bertz CT molecular complexity index is 690. The molecule has 26 heavy (non-hydrogen) atoms. The number of halogens is 2. The van der Waals surface area contributed by atoms with Crippen LogP contribution in [-0.2, 0) is 16.6 Å². The Kier molecular flexibility index (Phi) is 7.33. The molecule has 6 nitrogen and oxygen atoms in total. The fraction of sp³-hybridized carbons (Fsp3) is 0.588. The number of piperidine rings is 1. The van der Waals surface area contributed by atoms with Crippen LogP contribution in [0.2, 0.25) is 0 Å². The molecule has 0 aliphatic carbocycles. The van der Waals surface area contributed by atoms with Gasteiger partial charge >= 0.3 is 5.76 Å². The van der Waals surface area contributed by atoms with E-state index >= 15 is 0 Å². The highest BCUT2D eigenvalue weighted by Crippen LogP contribution is 2.22. The van der Waals surface area contributed by atoms with E-state index in [1.54, 1.807) is 7.05 Å². The van der Waals surface area contributed by atoms with Gasteiger partial charge in [-0.15, -0.1) is 0 Å². The number of hydrogen-bond donors (Lipinski definition) is 1. The van der Waals surface area contributed by atoms with Crippen LogP contribution in [0.1, 0.15) is 18.4 Å². The minimum Gasteiger partial charge on any atom is -0.356 e. The molecular formula is C17H26F2N4O2S. The topological polar surface area (TPSA) is 65.0 Å². The van der Waals surface area contributed by atoms with Crippen LogP contribution in [0.15, 0.2) is 35.3 Å². The Morgan fingerprint density at radius 1 is 1.31 bits per heavy atom. The molecule has 1 aliphatic heterocycles. The molecule has 146 valence electrons. The van der Waals surface area contributed by atoms with Crippen LogP contribution >= 0.6 is 0 Å². The molecule has 0 atom stereocenters. The standard InChI is InChI=1S/C17H26F2N4O2S/c1-20-17(22(2)13-15-6-4-3-5-7-15)21-12-14-8-10-23(11-9-14)26(24,25)16(18)19/h3-7,14,16H,8-13H2,1-2H3,(H,20,21). The lowest BCUT2D eigenvalue weighted by molar-refractivity contribution is 0.204. The summed E-state index contributed by atoms with van der Waals surface area (Å²) < 4.78 is 49.1. The second-order valence-corrected chi connectivity index (χ2v) is 8.32. The van der Waals surface area contributed by atoms with E-state index in [0.717, 1.165) is 10.3 Å². The van der Waals surface area contributed by atoms with Gasteiger partial charge in [0.15, 0.2) is 5.96 Å². The van der Waals surface area contributed by atoms with Gasteiger partial charge in [-0.1, -0.05) is 30.3 Å². The lowest BCUT2D eigenvalue weighted by Crippen LogP contribution is -2.45. The summed E-state index contributed by atoms with van der Waals surface area (Å²) in [5, 5.41) is 3.30. The van der Waals surface area contributed by atoms with Gasteiger partial charge in [0.05, 0.1) is 0 Å². The Morgan fingerprint density at radius 2 is 1.92 bits per heavy atom. The van der Waals surface area contributed by atoms with Crippen molar-refractivity contribution in [3.63, 3.8) is 0 Å². The van der Waals surface area contributed by atoms with Gasteiger partial charge in [0.1, 0.15) is 0 Å². The largest absolute Gasteiger partial charge is 0.356 e. The first-order valence-electron chi connectivity index (χ1n) is 8.57. The fourth-order valence-electron chi connectivity index (χ4n) is 3.03. The van der Waals surface area contributed by atoms with Crippen molar-refractivity contribution in [1.82, 2.24) is 14.5 Å². The van der Waals surface area contributed by atoms with Crippen LogP contribution in [0.25, 0.3) is 0 Å². The summed E-state index contributed by atoms with van der Waals surface area (Å²) in [7, 11) is -0.805. The van der Waals surface area contributed by atoms with Crippen molar-refractivity contribution >= 4 is 16.0 Å². The van der Waals surface area contributed by atoms with Gasteiger partial charge in [-0.25, -0.2) is 8.42 Å². The van der Waals surface area contributed by atoms with Crippen molar-refractivity contribution in [1.29, 1.82) is 0 Å². The molecule has 0 unspecified atom stereocenters. The summed E-state index contributed by atoms with van der Waals surface area (Å²) in [6, 6.07) is 10.0. The Morgan fingerprint density at radius 3 is 2.46 bits per heavy atom. The van der Waals surface area contributed by atoms with Crippen molar-refractivity contribution < 1.29 is 17.2 Å². The van der Waals surface area contributed by atoms with E-state index in [2.05, 4.69) is 10.3 Å². The predicted octanol–water partition coefficient (Wildman–Crippen LogP) is 1.96. The third kappa shape index (κ3) is 5.38. The van der Waals surface area contributed by atoms with Gasteiger partial charge in [-0.05, 0) is 24.3 Å². The summed E-state index contributed by atoms with van der Waals surface area (Å²) in [5.41, 5.74) is 1.17. The molecule has 1 aliphatic rings. The predicted molar refractivity (Wildman–Crippen MR) is 98.5 cm³/mol. The summed E-state index contributed by atoms with van der Waals surface area (Å²) >= 11 is 0. The summed E-state index contributed by atoms with van der Waals surface area (Å²) in [4.78, 5) is 6.28. The van der Waals surface area contributed by atoms with Crippen LogP contribution < -0.4 is 5.32 Å². The number of hydrogen-bond acceptors (Lipinski definition) is 3. The molecule has 0 amide bonds. The minimum atomic E-state index is -4.46. The van der Waals surface area contributed by atoms with Crippen LogP contribution in [0, 0.1) is 5.92 Å². The maximum absolute atomic E-state index is 12.6. The monoisotopic (exact) mass is 388 g/mol. The SMILES string of the molecule is CN=C(NCC1CCN(S(=O)(=O)C(F)F)CC1)N(C)Cc1ccccc1. The number of aliphatic imine (C=N–C) groups is 1. The van der Waals surface area contributed by atoms with Gasteiger partial charge in [0, 0.05) is 40.3 Å². The quantitative estimate of drug-likeness (QED) is 0.598. The number of nitrogens with one attached hydrogen (secondary N) is 1. The van der Waals surface area contributed by atoms with Crippen LogP contribution in [0.3, 0.4) is 0 Å². The van der Waals surface area contributed by atoms with Crippen molar-refractivity contribution in [3.05, 3.63) is 35.9 Å². The normalized spacial score (nSPS) is 17.5. The number of rotatable bonds is 6. The minimum absolute atomic E-state index is 0.136. The Labute approximate surface area is 153 Å². The summed E-state index contributed by atoms with van der Waals surface area (Å²) in [5.74, 6) is -2.37. The molecule has 0 aromatic heterocycles. The van der Waals surface area contributed by atoms with E-state index < -0.39 is 15.8 Å². The first kappa shape index (κ1) is 20.6. The van der Waals surface area contributed by atoms with Crippen molar-refractivity contribution in [2.75, 3.05) is 33.7 Å². The van der Waals surface area contributed by atoms with E-state index in [9.17, 15) is 17.2 Å². The van der Waals surface area contributed by atoms with E-state index in [1.165, 1.54) is 5.56 Å². The molecule has 0 bridgehead atoms. The first-order chi connectivity index (χ1) is 12.3. The first-order valence-corrected chi connectivity index (χ1v) is 10.1. The number of alkyl halides is 2. The van der Waals surface area contributed by atoms with Crippen molar-refractivity contribution in [2.24, 2.45) is 10.9 Å². The zero-order chi connectivity index (χ0) is 19.2. The zero-order valence-electron chi connectivity index (χ0n) is 15.1. The summed E-state index contributed by atoms with van der Waals surface area (Å²) in [6.45, 7) is 1.62. The molecule has 0 saturated carbocycles.